The second kappa shape index (κ2) is 7.74. The van der Waals surface area contributed by atoms with Gasteiger partial charge < -0.3 is 21.5 Å². The van der Waals surface area contributed by atoms with Crippen LogP contribution in [0.25, 0.3) is 0 Å². The molecule has 0 fully saturated rings. The molecule has 0 aliphatic carbocycles. The number of primary amides is 1. The number of halogens is 3. The first-order valence-corrected chi connectivity index (χ1v) is 8.65. The fourth-order valence-corrected chi connectivity index (χ4v) is 2.82. The van der Waals surface area contributed by atoms with E-state index in [1.54, 1.807) is 6.07 Å². The molecule has 0 unspecified atom stereocenters. The zero-order chi connectivity index (χ0) is 19.6. The fourth-order valence-electron chi connectivity index (χ4n) is 2.37. The SMILES string of the molecule is NC(=O)c1c(Nc2ccc(I)cc2F)cc(F)cc1Oc1cncc(N)c1. The van der Waals surface area contributed by atoms with E-state index in [9.17, 15) is 13.6 Å². The number of benzene rings is 2. The molecule has 9 heteroatoms. The number of nitrogens with zero attached hydrogens (tertiary/aromatic N) is 1. The van der Waals surface area contributed by atoms with E-state index in [0.29, 0.717) is 9.26 Å². The Hall–Kier alpha value is -2.95. The van der Waals surface area contributed by atoms with Gasteiger partial charge in [0, 0.05) is 15.7 Å². The Bertz CT molecular complexity index is 1030. The van der Waals surface area contributed by atoms with E-state index in [4.69, 9.17) is 16.2 Å². The van der Waals surface area contributed by atoms with Crippen molar-refractivity contribution in [2.45, 2.75) is 0 Å². The predicted molar refractivity (Wildman–Crippen MR) is 106 cm³/mol. The molecule has 0 radical (unpaired) electrons. The number of amides is 1. The second-order valence-electron chi connectivity index (χ2n) is 5.50. The number of rotatable bonds is 5. The Labute approximate surface area is 166 Å². The topological polar surface area (TPSA) is 103 Å². The fraction of sp³-hybridized carbons (Fsp3) is 0. The Morgan fingerprint density at radius 1 is 1.11 bits per heavy atom. The van der Waals surface area contributed by atoms with Crippen molar-refractivity contribution in [1.82, 2.24) is 4.98 Å². The number of carbonyl (C=O) groups is 1. The molecule has 6 nitrogen and oxygen atoms in total. The molecule has 0 spiro atoms. The predicted octanol–water partition coefficient (Wildman–Crippen LogP) is 4.18. The molecule has 27 heavy (non-hydrogen) atoms. The van der Waals surface area contributed by atoms with E-state index < -0.39 is 17.5 Å². The molecule has 0 aliphatic rings. The highest BCUT2D eigenvalue weighted by atomic mass is 127. The number of hydrogen-bond acceptors (Lipinski definition) is 5. The second-order valence-corrected chi connectivity index (χ2v) is 6.74. The third-order valence-corrected chi connectivity index (χ3v) is 4.15. The molecule has 5 N–H and O–H groups in total. The monoisotopic (exact) mass is 482 g/mol. The zero-order valence-electron chi connectivity index (χ0n) is 13.7. The van der Waals surface area contributed by atoms with Gasteiger partial charge in [-0.05, 0) is 46.9 Å². The first-order valence-electron chi connectivity index (χ1n) is 7.57. The van der Waals surface area contributed by atoms with Crippen LogP contribution in [0.15, 0.2) is 48.8 Å². The number of hydrogen-bond donors (Lipinski definition) is 3. The van der Waals surface area contributed by atoms with E-state index >= 15 is 0 Å². The molecular weight excluding hydrogens is 469 g/mol. The van der Waals surface area contributed by atoms with Gasteiger partial charge in [0.25, 0.3) is 5.91 Å². The Kier molecular flexibility index (Phi) is 5.40. The standard InChI is InChI=1S/C18H13F2IN4O2/c19-9-3-15(25-14-2-1-10(21)5-13(14)20)17(18(23)26)16(4-9)27-12-6-11(22)7-24-8-12/h1-8,25H,22H2,(H2,23,26). The summed E-state index contributed by atoms with van der Waals surface area (Å²) in [6.45, 7) is 0. The van der Waals surface area contributed by atoms with Crippen molar-refractivity contribution in [3.8, 4) is 11.5 Å². The lowest BCUT2D eigenvalue weighted by Gasteiger charge is -2.16. The average Bonchev–Trinajstić information content (AvgIpc) is 2.56. The molecule has 0 bridgehead atoms. The summed E-state index contributed by atoms with van der Waals surface area (Å²) in [5.74, 6) is -2.11. The van der Waals surface area contributed by atoms with Crippen LogP contribution in [0, 0.1) is 15.2 Å². The summed E-state index contributed by atoms with van der Waals surface area (Å²) < 4.78 is 34.5. The Balaban J connectivity index is 2.06. The molecule has 1 amide bonds. The maximum Gasteiger partial charge on any atom is 0.254 e. The molecule has 3 rings (SSSR count). The minimum atomic E-state index is -0.879. The van der Waals surface area contributed by atoms with Crippen molar-refractivity contribution in [3.63, 3.8) is 0 Å². The third-order valence-electron chi connectivity index (χ3n) is 3.48. The molecule has 0 atom stereocenters. The van der Waals surface area contributed by atoms with Crippen LogP contribution in [-0.4, -0.2) is 10.9 Å². The van der Waals surface area contributed by atoms with Crippen LogP contribution in [0.3, 0.4) is 0 Å². The summed E-state index contributed by atoms with van der Waals surface area (Å²) in [5, 5.41) is 2.69. The van der Waals surface area contributed by atoms with Crippen LogP contribution in [0.4, 0.5) is 25.8 Å². The van der Waals surface area contributed by atoms with Crippen LogP contribution < -0.4 is 21.5 Å². The first kappa shape index (κ1) is 18.8. The molecule has 2 aromatic carbocycles. The van der Waals surface area contributed by atoms with Crippen molar-refractivity contribution in [2.24, 2.45) is 5.73 Å². The summed E-state index contributed by atoms with van der Waals surface area (Å²) in [6, 6.07) is 7.90. The number of nitrogens with one attached hydrogen (secondary N) is 1. The Morgan fingerprint density at radius 2 is 1.89 bits per heavy atom. The maximum absolute atomic E-state index is 14.1. The van der Waals surface area contributed by atoms with Gasteiger partial charge in [-0.2, -0.15) is 0 Å². The molecule has 0 saturated carbocycles. The van der Waals surface area contributed by atoms with Gasteiger partial charge in [0.1, 0.15) is 28.7 Å². The normalized spacial score (nSPS) is 10.5. The van der Waals surface area contributed by atoms with Crippen molar-refractivity contribution in [3.05, 3.63) is 69.6 Å². The van der Waals surface area contributed by atoms with Crippen molar-refractivity contribution < 1.29 is 18.3 Å². The summed E-state index contributed by atoms with van der Waals surface area (Å²) in [7, 11) is 0. The van der Waals surface area contributed by atoms with E-state index in [-0.39, 0.29) is 28.4 Å². The van der Waals surface area contributed by atoms with Crippen LogP contribution >= 0.6 is 22.6 Å². The van der Waals surface area contributed by atoms with Gasteiger partial charge in [-0.3, -0.25) is 9.78 Å². The van der Waals surface area contributed by atoms with Crippen LogP contribution in [0.2, 0.25) is 0 Å². The summed E-state index contributed by atoms with van der Waals surface area (Å²) >= 11 is 1.96. The number of pyridine rings is 1. The third kappa shape index (κ3) is 4.42. The molecule has 138 valence electrons. The lowest BCUT2D eigenvalue weighted by molar-refractivity contribution is 0.0999. The molecule has 3 aromatic rings. The van der Waals surface area contributed by atoms with Crippen LogP contribution in [-0.2, 0) is 0 Å². The van der Waals surface area contributed by atoms with E-state index in [1.165, 1.54) is 30.6 Å². The highest BCUT2D eigenvalue weighted by Gasteiger charge is 2.19. The number of ether oxygens (including phenoxy) is 1. The number of aromatic nitrogens is 1. The molecule has 1 heterocycles. The average molecular weight is 482 g/mol. The first-order chi connectivity index (χ1) is 12.8. The molecular formula is C18H13F2IN4O2. The molecule has 0 aliphatic heterocycles. The van der Waals surface area contributed by atoms with Gasteiger partial charge >= 0.3 is 0 Å². The number of anilines is 3. The molecule has 1 aromatic heterocycles. The van der Waals surface area contributed by atoms with Crippen LogP contribution in [0.5, 0.6) is 11.5 Å². The number of nitrogen functional groups attached to an aromatic ring is 1. The minimum Gasteiger partial charge on any atom is -0.455 e. The van der Waals surface area contributed by atoms with Crippen molar-refractivity contribution in [1.29, 1.82) is 0 Å². The van der Waals surface area contributed by atoms with Gasteiger partial charge in [0.2, 0.25) is 0 Å². The number of carbonyl (C=O) groups excluding carboxylic acids is 1. The maximum atomic E-state index is 14.1. The van der Waals surface area contributed by atoms with E-state index in [1.807, 2.05) is 22.6 Å². The number of nitrogens with two attached hydrogens (primary N) is 2. The smallest absolute Gasteiger partial charge is 0.254 e. The molecule has 0 saturated heterocycles. The lowest BCUT2D eigenvalue weighted by atomic mass is 10.1. The van der Waals surface area contributed by atoms with Gasteiger partial charge in [0.05, 0.1) is 29.5 Å². The lowest BCUT2D eigenvalue weighted by Crippen LogP contribution is -2.15. The van der Waals surface area contributed by atoms with Gasteiger partial charge in [0.15, 0.2) is 0 Å². The minimum absolute atomic E-state index is 0.0329. The quantitative estimate of drug-likeness (QED) is 0.474. The van der Waals surface area contributed by atoms with Gasteiger partial charge in [-0.1, -0.05) is 0 Å². The van der Waals surface area contributed by atoms with E-state index in [0.717, 1.165) is 12.1 Å². The highest BCUT2D eigenvalue weighted by Crippen LogP contribution is 2.34. The zero-order valence-corrected chi connectivity index (χ0v) is 15.8. The largest absolute Gasteiger partial charge is 0.455 e. The van der Waals surface area contributed by atoms with Crippen LogP contribution in [0.1, 0.15) is 10.4 Å². The summed E-state index contributed by atoms with van der Waals surface area (Å²) in [6.07, 6.45) is 2.75. The van der Waals surface area contributed by atoms with Crippen molar-refractivity contribution >= 4 is 45.6 Å². The summed E-state index contributed by atoms with van der Waals surface area (Å²) in [4.78, 5) is 15.8. The van der Waals surface area contributed by atoms with Gasteiger partial charge in [-0.25, -0.2) is 8.78 Å². The van der Waals surface area contributed by atoms with E-state index in [2.05, 4.69) is 10.3 Å². The summed E-state index contributed by atoms with van der Waals surface area (Å²) in [5.41, 5.74) is 11.3. The highest BCUT2D eigenvalue weighted by molar-refractivity contribution is 14.1. The van der Waals surface area contributed by atoms with Crippen molar-refractivity contribution in [2.75, 3.05) is 11.1 Å². The Morgan fingerprint density at radius 3 is 2.56 bits per heavy atom. The van der Waals surface area contributed by atoms with Gasteiger partial charge in [-0.15, -0.1) is 0 Å².